The summed E-state index contributed by atoms with van der Waals surface area (Å²) >= 11 is 0. The lowest BCUT2D eigenvalue weighted by Crippen LogP contribution is -2.43. The van der Waals surface area contributed by atoms with Crippen LogP contribution in [0.15, 0.2) is 29.2 Å². The first kappa shape index (κ1) is 20.4. The average Bonchev–Trinajstić information content (AvgIpc) is 2.65. The fourth-order valence-electron chi connectivity index (χ4n) is 2.84. The van der Waals surface area contributed by atoms with Crippen LogP contribution in [-0.2, 0) is 14.8 Å². The van der Waals surface area contributed by atoms with E-state index in [1.165, 1.54) is 28.6 Å². The number of carboxylic acids is 1. The van der Waals surface area contributed by atoms with Gasteiger partial charge in [0.25, 0.3) is 0 Å². The van der Waals surface area contributed by atoms with Gasteiger partial charge < -0.3 is 10.4 Å². The molecule has 0 aliphatic carbocycles. The van der Waals surface area contributed by atoms with E-state index in [0.717, 1.165) is 6.42 Å². The van der Waals surface area contributed by atoms with Crippen molar-refractivity contribution in [1.82, 2.24) is 9.62 Å². The molecular weight excluding hydrogens is 356 g/mol. The topological polar surface area (TPSA) is 104 Å². The van der Waals surface area contributed by atoms with Gasteiger partial charge >= 0.3 is 5.97 Å². The largest absolute Gasteiger partial charge is 0.478 e. The molecule has 1 heterocycles. The molecular formula is C18H26N2O5S. The molecule has 1 aliphatic rings. The highest BCUT2D eigenvalue weighted by Gasteiger charge is 2.32. The van der Waals surface area contributed by atoms with Crippen molar-refractivity contribution in [2.24, 2.45) is 11.8 Å². The highest BCUT2D eigenvalue weighted by atomic mass is 32.2. The third kappa shape index (κ3) is 4.82. The number of sulfonamides is 1. The molecule has 1 aromatic carbocycles. The maximum Gasteiger partial charge on any atom is 0.335 e. The predicted molar refractivity (Wildman–Crippen MR) is 97.3 cm³/mol. The Morgan fingerprint density at radius 2 is 1.81 bits per heavy atom. The van der Waals surface area contributed by atoms with Crippen molar-refractivity contribution in [1.29, 1.82) is 0 Å². The first-order valence-corrected chi connectivity index (χ1v) is 10.3. The summed E-state index contributed by atoms with van der Waals surface area (Å²) in [6.45, 7) is 5.35. The maximum absolute atomic E-state index is 12.7. The number of hydrogen-bond acceptors (Lipinski definition) is 4. The number of nitrogens with zero attached hydrogens (tertiary/aromatic N) is 1. The molecule has 0 saturated carbocycles. The smallest absolute Gasteiger partial charge is 0.335 e. The quantitative estimate of drug-likeness (QED) is 0.750. The molecule has 2 rings (SSSR count). The first-order chi connectivity index (χ1) is 12.3. The number of nitrogens with one attached hydrogen (secondary N) is 1. The number of rotatable bonds is 7. The van der Waals surface area contributed by atoms with Crippen LogP contribution in [0.2, 0.25) is 0 Å². The fourth-order valence-corrected chi connectivity index (χ4v) is 4.31. The summed E-state index contributed by atoms with van der Waals surface area (Å²) in [5.74, 6) is -0.848. The molecule has 1 saturated heterocycles. The van der Waals surface area contributed by atoms with Crippen molar-refractivity contribution < 1.29 is 23.1 Å². The molecule has 1 fully saturated rings. The normalized spacial score (nSPS) is 17.6. The molecule has 26 heavy (non-hydrogen) atoms. The predicted octanol–water partition coefficient (Wildman–Crippen LogP) is 1.95. The second-order valence-electron chi connectivity index (χ2n) is 6.77. The third-order valence-electron chi connectivity index (χ3n) is 4.89. The van der Waals surface area contributed by atoms with E-state index in [2.05, 4.69) is 19.2 Å². The Morgan fingerprint density at radius 1 is 1.23 bits per heavy atom. The lowest BCUT2D eigenvalue weighted by molar-refractivity contribution is -0.126. The Kier molecular flexibility index (Phi) is 6.77. The molecule has 2 N–H and O–H groups in total. The Labute approximate surface area is 154 Å². The second-order valence-corrected chi connectivity index (χ2v) is 8.70. The molecule has 1 atom stereocenters. The summed E-state index contributed by atoms with van der Waals surface area (Å²) in [5, 5.41) is 11.8. The van der Waals surface area contributed by atoms with Crippen LogP contribution in [-0.4, -0.2) is 49.3 Å². The summed E-state index contributed by atoms with van der Waals surface area (Å²) < 4.78 is 26.7. The number of aromatic carboxylic acids is 1. The van der Waals surface area contributed by atoms with Crippen molar-refractivity contribution in [3.63, 3.8) is 0 Å². The van der Waals surface area contributed by atoms with E-state index in [1.54, 1.807) is 0 Å². The number of carbonyl (C=O) groups is 2. The third-order valence-corrected chi connectivity index (χ3v) is 6.80. The van der Waals surface area contributed by atoms with E-state index < -0.39 is 16.0 Å². The fraction of sp³-hybridized carbons (Fsp3) is 0.556. The van der Waals surface area contributed by atoms with Crippen LogP contribution in [0.4, 0.5) is 0 Å². The molecule has 144 valence electrons. The van der Waals surface area contributed by atoms with Gasteiger partial charge in [0.1, 0.15) is 0 Å². The van der Waals surface area contributed by atoms with Gasteiger partial charge in [-0.3, -0.25) is 4.79 Å². The molecule has 1 aromatic rings. The van der Waals surface area contributed by atoms with Gasteiger partial charge in [-0.1, -0.05) is 20.3 Å². The highest BCUT2D eigenvalue weighted by Crippen LogP contribution is 2.24. The Balaban J connectivity index is 1.95. The van der Waals surface area contributed by atoms with Gasteiger partial charge in [-0.15, -0.1) is 0 Å². The molecule has 0 aromatic heterocycles. The summed E-state index contributed by atoms with van der Waals surface area (Å²) in [6.07, 6.45) is 1.97. The van der Waals surface area contributed by atoms with E-state index in [9.17, 15) is 18.0 Å². The Hall–Kier alpha value is -1.93. The molecule has 1 aliphatic heterocycles. The molecule has 0 spiro atoms. The van der Waals surface area contributed by atoms with Crippen molar-refractivity contribution in [2.45, 2.75) is 38.0 Å². The number of hydrogen-bond donors (Lipinski definition) is 2. The van der Waals surface area contributed by atoms with Gasteiger partial charge in [0.15, 0.2) is 0 Å². The van der Waals surface area contributed by atoms with Crippen molar-refractivity contribution >= 4 is 21.9 Å². The second kappa shape index (κ2) is 8.64. The zero-order chi connectivity index (χ0) is 19.3. The number of amides is 1. The molecule has 1 amide bonds. The standard InChI is InChI=1S/C18H26N2O5S/c1-3-13(2)12-19-17(21)14-8-10-20(11-9-14)26(24,25)16-6-4-15(5-7-16)18(22)23/h4-7,13-14H,3,8-12H2,1-2H3,(H,19,21)(H,22,23). The van der Waals surface area contributed by atoms with Crippen LogP contribution < -0.4 is 5.32 Å². The van der Waals surface area contributed by atoms with Crippen LogP contribution in [0.1, 0.15) is 43.5 Å². The zero-order valence-electron chi connectivity index (χ0n) is 15.1. The summed E-state index contributed by atoms with van der Waals surface area (Å²) in [4.78, 5) is 23.2. The minimum Gasteiger partial charge on any atom is -0.478 e. The SMILES string of the molecule is CCC(C)CNC(=O)C1CCN(S(=O)(=O)c2ccc(C(=O)O)cc2)CC1. The van der Waals surface area contributed by atoms with E-state index in [-0.39, 0.29) is 35.4 Å². The van der Waals surface area contributed by atoms with Crippen molar-refractivity contribution in [3.05, 3.63) is 29.8 Å². The number of carboxylic acid groups (broad SMARTS) is 1. The Morgan fingerprint density at radius 3 is 2.31 bits per heavy atom. The van der Waals surface area contributed by atoms with E-state index in [1.807, 2.05) is 0 Å². The van der Waals surface area contributed by atoms with E-state index in [0.29, 0.717) is 25.3 Å². The van der Waals surface area contributed by atoms with Gasteiger partial charge in [-0.05, 0) is 43.0 Å². The summed E-state index contributed by atoms with van der Waals surface area (Å²) in [7, 11) is -3.67. The van der Waals surface area contributed by atoms with Crippen molar-refractivity contribution in [3.8, 4) is 0 Å². The van der Waals surface area contributed by atoms with E-state index in [4.69, 9.17) is 5.11 Å². The van der Waals surface area contributed by atoms with Gasteiger partial charge in [0.2, 0.25) is 15.9 Å². The van der Waals surface area contributed by atoms with Crippen LogP contribution in [0.3, 0.4) is 0 Å². The molecule has 0 bridgehead atoms. The van der Waals surface area contributed by atoms with Crippen molar-refractivity contribution in [2.75, 3.05) is 19.6 Å². The summed E-state index contributed by atoms with van der Waals surface area (Å²) in [5.41, 5.74) is 0.0423. The molecule has 8 heteroatoms. The summed E-state index contributed by atoms with van der Waals surface area (Å²) in [6, 6.07) is 5.18. The van der Waals surface area contributed by atoms with Gasteiger partial charge in [-0.2, -0.15) is 4.31 Å². The average molecular weight is 382 g/mol. The lowest BCUT2D eigenvalue weighted by Gasteiger charge is -2.30. The zero-order valence-corrected chi connectivity index (χ0v) is 16.0. The number of benzene rings is 1. The molecule has 1 unspecified atom stereocenters. The van der Waals surface area contributed by atoms with E-state index >= 15 is 0 Å². The van der Waals surface area contributed by atoms with Gasteiger partial charge in [-0.25, -0.2) is 13.2 Å². The minimum absolute atomic E-state index is 0.00633. The van der Waals surface area contributed by atoms with Gasteiger partial charge in [0.05, 0.1) is 10.5 Å². The Bertz CT molecular complexity index is 737. The lowest BCUT2D eigenvalue weighted by atomic mass is 9.97. The van der Waals surface area contributed by atoms with Crippen LogP contribution >= 0.6 is 0 Å². The molecule has 0 radical (unpaired) electrons. The van der Waals surface area contributed by atoms with Crippen LogP contribution in [0, 0.1) is 11.8 Å². The van der Waals surface area contributed by atoms with Crippen LogP contribution in [0.5, 0.6) is 0 Å². The molecule has 7 nitrogen and oxygen atoms in total. The maximum atomic E-state index is 12.7. The monoisotopic (exact) mass is 382 g/mol. The number of carbonyl (C=O) groups excluding carboxylic acids is 1. The van der Waals surface area contributed by atoms with Gasteiger partial charge in [0, 0.05) is 25.6 Å². The number of piperidine rings is 1. The minimum atomic E-state index is -3.67. The first-order valence-electron chi connectivity index (χ1n) is 8.87. The highest BCUT2D eigenvalue weighted by molar-refractivity contribution is 7.89. The van der Waals surface area contributed by atoms with Crippen LogP contribution in [0.25, 0.3) is 0 Å².